The molecule has 7 N–H and O–H groups in total. The van der Waals surface area contributed by atoms with Crippen LogP contribution in [-0.4, -0.2) is 39.9 Å². The standard InChI is InChI=1S/C19H27N7O2/c1-10-8-12(9-14-15(10)25-17(26(14)2)11-5-6-11)18(28)24-13(16(20)27)4-3-7-23-19(21)22/h8-9,11,13H,3-7H2,1-2H3,(H2,20,27)(H,24,28)(H4,21,22,23)/t13-/m0/s1. The molecule has 1 aliphatic carbocycles. The van der Waals surface area contributed by atoms with Crippen molar-refractivity contribution < 1.29 is 9.59 Å². The number of aromatic nitrogens is 2. The fourth-order valence-corrected chi connectivity index (χ4v) is 3.37. The minimum absolute atomic E-state index is 0.134. The van der Waals surface area contributed by atoms with Gasteiger partial charge in [-0.15, -0.1) is 0 Å². The summed E-state index contributed by atoms with van der Waals surface area (Å²) >= 11 is 0. The molecule has 1 aliphatic rings. The number of rotatable bonds is 8. The molecule has 1 aromatic heterocycles. The number of hydrogen-bond acceptors (Lipinski definition) is 4. The van der Waals surface area contributed by atoms with Crippen molar-refractivity contribution in [1.82, 2.24) is 20.2 Å². The number of fused-ring (bicyclic) bond motifs is 1. The number of carbonyl (C=O) groups excluding carboxylic acids is 2. The minimum atomic E-state index is -0.786. The normalized spacial score (nSPS) is 14.6. The van der Waals surface area contributed by atoms with Crippen LogP contribution in [0.5, 0.6) is 0 Å². The first kappa shape index (κ1) is 19.7. The predicted octanol–water partition coefficient (Wildman–Crippen LogP) is 0.606. The van der Waals surface area contributed by atoms with E-state index in [9.17, 15) is 9.59 Å². The third kappa shape index (κ3) is 4.24. The van der Waals surface area contributed by atoms with E-state index in [2.05, 4.69) is 15.2 Å². The van der Waals surface area contributed by atoms with E-state index in [0.717, 1.165) is 35.3 Å². The van der Waals surface area contributed by atoms with Gasteiger partial charge in [-0.3, -0.25) is 15.0 Å². The van der Waals surface area contributed by atoms with Gasteiger partial charge in [-0.05, 0) is 50.3 Å². The summed E-state index contributed by atoms with van der Waals surface area (Å²) in [5.74, 6) is 0.499. The van der Waals surface area contributed by atoms with Crippen LogP contribution < -0.4 is 22.1 Å². The largest absolute Gasteiger partial charge is 0.370 e. The van der Waals surface area contributed by atoms with E-state index in [1.165, 1.54) is 0 Å². The van der Waals surface area contributed by atoms with Gasteiger partial charge in [0.1, 0.15) is 11.9 Å². The van der Waals surface area contributed by atoms with Gasteiger partial charge in [0.15, 0.2) is 5.96 Å². The second kappa shape index (κ2) is 7.87. The summed E-state index contributed by atoms with van der Waals surface area (Å²) in [7, 11) is 1.97. The van der Waals surface area contributed by atoms with E-state index in [1.54, 1.807) is 6.07 Å². The summed E-state index contributed by atoms with van der Waals surface area (Å²) in [4.78, 5) is 29.2. The van der Waals surface area contributed by atoms with Crippen molar-refractivity contribution in [3.8, 4) is 0 Å². The number of nitrogens with two attached hydrogens (primary N) is 2. The maximum absolute atomic E-state index is 12.7. The van der Waals surface area contributed by atoms with Gasteiger partial charge in [0, 0.05) is 25.1 Å². The van der Waals surface area contributed by atoms with Gasteiger partial charge >= 0.3 is 0 Å². The van der Waals surface area contributed by atoms with Crippen LogP contribution in [0.4, 0.5) is 0 Å². The van der Waals surface area contributed by atoms with Crippen LogP contribution in [0.2, 0.25) is 0 Å². The molecule has 9 heteroatoms. The molecule has 150 valence electrons. The highest BCUT2D eigenvalue weighted by molar-refractivity contribution is 6.00. The quantitative estimate of drug-likeness (QED) is 0.256. The van der Waals surface area contributed by atoms with Gasteiger partial charge in [0.25, 0.3) is 5.91 Å². The Morgan fingerprint density at radius 1 is 1.36 bits per heavy atom. The zero-order chi connectivity index (χ0) is 20.4. The van der Waals surface area contributed by atoms with Gasteiger partial charge in [-0.25, -0.2) is 4.98 Å². The molecule has 1 fully saturated rings. The molecule has 1 saturated carbocycles. The Kier molecular flexibility index (Phi) is 5.53. The number of benzene rings is 1. The van der Waals surface area contributed by atoms with Crippen molar-refractivity contribution >= 4 is 28.8 Å². The number of amides is 2. The van der Waals surface area contributed by atoms with Crippen LogP contribution in [0.25, 0.3) is 11.0 Å². The van der Waals surface area contributed by atoms with Gasteiger partial charge in [-0.1, -0.05) is 0 Å². The fraction of sp³-hybridized carbons (Fsp3) is 0.474. The zero-order valence-electron chi connectivity index (χ0n) is 16.2. The average Bonchev–Trinajstić information content (AvgIpc) is 3.41. The Morgan fingerprint density at radius 3 is 2.68 bits per heavy atom. The van der Waals surface area contributed by atoms with Crippen LogP contribution in [0.15, 0.2) is 12.1 Å². The van der Waals surface area contributed by atoms with Crippen molar-refractivity contribution in [3.63, 3.8) is 0 Å². The molecule has 28 heavy (non-hydrogen) atoms. The molecule has 9 nitrogen and oxygen atoms in total. The Bertz CT molecular complexity index is 930. The summed E-state index contributed by atoms with van der Waals surface area (Å²) < 4.78 is 2.05. The van der Waals surface area contributed by atoms with Crippen molar-refractivity contribution in [2.75, 3.05) is 6.54 Å². The first-order valence-corrected chi connectivity index (χ1v) is 9.43. The second-order valence-electron chi connectivity index (χ2n) is 7.38. The molecule has 0 aliphatic heterocycles. The SMILES string of the molecule is Cc1cc(C(=O)N[C@@H](CCCNC(=N)N)C(N)=O)cc2c1nc(C1CC1)n2C. The average molecular weight is 385 g/mol. The van der Waals surface area contributed by atoms with E-state index >= 15 is 0 Å². The molecule has 0 unspecified atom stereocenters. The van der Waals surface area contributed by atoms with Crippen LogP contribution in [0.1, 0.15) is 53.3 Å². The van der Waals surface area contributed by atoms with Crippen LogP contribution in [-0.2, 0) is 11.8 Å². The number of carbonyl (C=O) groups is 2. The predicted molar refractivity (Wildman–Crippen MR) is 107 cm³/mol. The smallest absolute Gasteiger partial charge is 0.252 e. The summed E-state index contributed by atoms with van der Waals surface area (Å²) in [6.45, 7) is 2.36. The first-order valence-electron chi connectivity index (χ1n) is 9.43. The number of guanidine groups is 1. The highest BCUT2D eigenvalue weighted by Crippen LogP contribution is 2.40. The lowest BCUT2D eigenvalue weighted by atomic mass is 10.1. The summed E-state index contributed by atoms with van der Waals surface area (Å²) in [5, 5.41) is 12.5. The van der Waals surface area contributed by atoms with E-state index in [1.807, 2.05) is 20.0 Å². The van der Waals surface area contributed by atoms with Gasteiger partial charge in [0.05, 0.1) is 11.0 Å². The molecular formula is C19H27N7O2. The Labute approximate surface area is 163 Å². The number of hydrogen-bond donors (Lipinski definition) is 5. The molecule has 2 aromatic rings. The zero-order valence-corrected chi connectivity index (χ0v) is 16.2. The Morgan fingerprint density at radius 2 is 2.07 bits per heavy atom. The summed E-state index contributed by atoms with van der Waals surface area (Å²) in [6.07, 6.45) is 3.21. The molecule has 3 rings (SSSR count). The van der Waals surface area contributed by atoms with E-state index in [0.29, 0.717) is 30.9 Å². The van der Waals surface area contributed by atoms with Crippen molar-refractivity contribution in [3.05, 3.63) is 29.1 Å². The number of nitrogens with zero attached hydrogens (tertiary/aromatic N) is 2. The van der Waals surface area contributed by atoms with Gasteiger partial charge in [-0.2, -0.15) is 0 Å². The number of primary amides is 1. The van der Waals surface area contributed by atoms with Crippen molar-refractivity contribution in [2.24, 2.45) is 18.5 Å². The summed E-state index contributed by atoms with van der Waals surface area (Å²) in [6, 6.07) is 2.81. The third-order valence-corrected chi connectivity index (χ3v) is 5.05. The molecule has 0 bridgehead atoms. The Hall–Kier alpha value is -3.10. The van der Waals surface area contributed by atoms with Gasteiger partial charge < -0.3 is 26.7 Å². The topological polar surface area (TPSA) is 152 Å². The lowest BCUT2D eigenvalue weighted by Crippen LogP contribution is -2.45. The molecule has 0 radical (unpaired) electrons. The molecule has 1 atom stereocenters. The third-order valence-electron chi connectivity index (χ3n) is 5.05. The highest BCUT2D eigenvalue weighted by Gasteiger charge is 2.29. The fourth-order valence-electron chi connectivity index (χ4n) is 3.37. The molecule has 1 heterocycles. The van der Waals surface area contributed by atoms with E-state index in [4.69, 9.17) is 21.9 Å². The maximum Gasteiger partial charge on any atom is 0.252 e. The highest BCUT2D eigenvalue weighted by atomic mass is 16.2. The molecule has 2 amide bonds. The molecule has 0 saturated heterocycles. The van der Waals surface area contributed by atoms with Gasteiger partial charge in [0.2, 0.25) is 5.91 Å². The van der Waals surface area contributed by atoms with Crippen LogP contribution in [0.3, 0.4) is 0 Å². The van der Waals surface area contributed by atoms with Crippen molar-refractivity contribution in [1.29, 1.82) is 5.41 Å². The monoisotopic (exact) mass is 385 g/mol. The van der Waals surface area contributed by atoms with Crippen LogP contribution in [0, 0.1) is 12.3 Å². The number of aryl methyl sites for hydroxylation is 2. The minimum Gasteiger partial charge on any atom is -0.370 e. The lowest BCUT2D eigenvalue weighted by molar-refractivity contribution is -0.120. The van der Waals surface area contributed by atoms with Crippen molar-refractivity contribution in [2.45, 2.75) is 44.6 Å². The molecule has 1 aromatic carbocycles. The summed E-state index contributed by atoms with van der Waals surface area (Å²) in [5.41, 5.74) is 13.9. The number of nitrogens with one attached hydrogen (secondary N) is 3. The molecule has 0 spiro atoms. The van der Waals surface area contributed by atoms with E-state index < -0.39 is 11.9 Å². The first-order chi connectivity index (χ1) is 13.3. The Balaban J connectivity index is 1.75. The maximum atomic E-state index is 12.7. The lowest BCUT2D eigenvalue weighted by Gasteiger charge is -2.16. The van der Waals surface area contributed by atoms with E-state index in [-0.39, 0.29) is 11.9 Å². The van der Waals surface area contributed by atoms with Crippen LogP contribution >= 0.6 is 0 Å². The second-order valence-corrected chi connectivity index (χ2v) is 7.38. The number of imidazole rings is 1. The molecular weight excluding hydrogens is 358 g/mol.